The number of rotatable bonds is 8. The quantitative estimate of drug-likeness (QED) is 0.140. The van der Waals surface area contributed by atoms with Crippen LogP contribution >= 0.6 is 0 Å². The standard InChI is InChI=1S/C24H42O9S2.2Na/c1-15(5-4-12-32-34(26,27)28)18-6-7-19-22-20(9-11-24(18,19)3)23(2)10-8-17(33-35(29,30)31)13-16(23)14-21(22)25;;/h15-22,25H,4-14H2,1-3H3,(H,26,27,28)(H,29,30,31);;/q;2*+1/p-2/t15-,16+,17-,18-,19+,20+,21+,22+,23+,24-;;/m1../s1. The van der Waals surface area contributed by atoms with E-state index >= 15 is 0 Å². The topological polar surface area (TPSA) is 153 Å². The van der Waals surface area contributed by atoms with Crippen molar-refractivity contribution < 1.29 is 98.5 Å². The van der Waals surface area contributed by atoms with Gasteiger partial charge in [0.1, 0.15) is 0 Å². The monoisotopic (exact) mass is 582 g/mol. The predicted molar refractivity (Wildman–Crippen MR) is 125 cm³/mol. The van der Waals surface area contributed by atoms with Crippen molar-refractivity contribution in [2.75, 3.05) is 6.61 Å². The van der Waals surface area contributed by atoms with Crippen LogP contribution in [-0.2, 0) is 29.2 Å². The Morgan fingerprint density at radius 2 is 1.54 bits per heavy atom. The molecule has 4 rings (SSSR count). The largest absolute Gasteiger partial charge is 1.00 e. The van der Waals surface area contributed by atoms with Crippen LogP contribution in [0.3, 0.4) is 0 Å². The summed E-state index contributed by atoms with van der Waals surface area (Å²) in [6.07, 6.45) is 6.99. The first-order valence-electron chi connectivity index (χ1n) is 13.1. The van der Waals surface area contributed by atoms with E-state index in [-0.39, 0.29) is 88.4 Å². The Morgan fingerprint density at radius 3 is 2.16 bits per heavy atom. The molecule has 0 heterocycles. The van der Waals surface area contributed by atoms with Crippen molar-refractivity contribution in [3.63, 3.8) is 0 Å². The smallest absolute Gasteiger partial charge is 0.726 e. The Bertz CT molecular complexity index is 994. The van der Waals surface area contributed by atoms with Crippen molar-refractivity contribution in [2.45, 2.75) is 97.2 Å². The zero-order chi connectivity index (χ0) is 25.8. The Labute approximate surface area is 267 Å². The van der Waals surface area contributed by atoms with E-state index in [1.165, 1.54) is 0 Å². The molecule has 0 saturated heterocycles. The zero-order valence-electron chi connectivity index (χ0n) is 22.9. The molecule has 13 heteroatoms. The van der Waals surface area contributed by atoms with E-state index in [0.29, 0.717) is 49.4 Å². The van der Waals surface area contributed by atoms with Crippen LogP contribution < -0.4 is 59.1 Å². The summed E-state index contributed by atoms with van der Waals surface area (Å²) < 4.78 is 74.6. The molecule has 0 bridgehead atoms. The van der Waals surface area contributed by atoms with E-state index in [4.69, 9.17) is 4.18 Å². The van der Waals surface area contributed by atoms with E-state index in [9.17, 15) is 31.0 Å². The van der Waals surface area contributed by atoms with Crippen LogP contribution in [0.4, 0.5) is 0 Å². The van der Waals surface area contributed by atoms with Crippen molar-refractivity contribution in [2.24, 2.45) is 46.3 Å². The minimum atomic E-state index is -4.73. The molecule has 0 aliphatic heterocycles. The molecular formula is C24H40Na2O9S2. The average Bonchev–Trinajstić information content (AvgIpc) is 3.07. The van der Waals surface area contributed by atoms with Crippen LogP contribution in [0.25, 0.3) is 0 Å². The maximum Gasteiger partial charge on any atom is 1.00 e. The van der Waals surface area contributed by atoms with Crippen molar-refractivity contribution in [1.82, 2.24) is 0 Å². The maximum atomic E-state index is 11.4. The molecule has 37 heavy (non-hydrogen) atoms. The number of aliphatic hydroxyl groups is 1. The fourth-order valence-corrected chi connectivity index (χ4v) is 10.0. The summed E-state index contributed by atoms with van der Waals surface area (Å²) in [4.78, 5) is 0. The molecule has 4 fully saturated rings. The molecule has 0 aromatic rings. The molecule has 4 aliphatic carbocycles. The third-order valence-electron chi connectivity index (χ3n) is 10.7. The minimum Gasteiger partial charge on any atom is -0.726 e. The van der Waals surface area contributed by atoms with Crippen LogP contribution in [0.15, 0.2) is 0 Å². The fourth-order valence-electron chi connectivity index (χ4n) is 9.18. The number of hydrogen-bond acceptors (Lipinski definition) is 9. The van der Waals surface area contributed by atoms with Gasteiger partial charge in [0.2, 0.25) is 20.8 Å². The molecule has 0 aromatic heterocycles. The van der Waals surface area contributed by atoms with E-state index in [1.54, 1.807) is 0 Å². The fraction of sp³-hybridized carbons (Fsp3) is 1.00. The average molecular weight is 583 g/mol. The minimum absolute atomic E-state index is 0. The van der Waals surface area contributed by atoms with Gasteiger partial charge in [-0.25, -0.2) is 16.8 Å². The molecule has 0 spiro atoms. The van der Waals surface area contributed by atoms with Crippen LogP contribution in [0.2, 0.25) is 0 Å². The maximum absolute atomic E-state index is 11.4. The van der Waals surface area contributed by atoms with Crippen molar-refractivity contribution in [3.05, 3.63) is 0 Å². The summed E-state index contributed by atoms with van der Waals surface area (Å²) in [6.45, 7) is 6.79. The van der Waals surface area contributed by atoms with Gasteiger partial charge >= 0.3 is 59.1 Å². The van der Waals surface area contributed by atoms with Gasteiger partial charge in [-0.1, -0.05) is 20.8 Å². The number of aliphatic hydroxyl groups excluding tert-OH is 1. The van der Waals surface area contributed by atoms with Crippen LogP contribution in [-0.4, -0.2) is 49.9 Å². The predicted octanol–water partition coefficient (Wildman–Crippen LogP) is -2.64. The first kappa shape index (κ1) is 34.9. The molecule has 0 radical (unpaired) electrons. The Kier molecular flexibility index (Phi) is 12.2. The second-order valence-corrected chi connectivity index (χ2v) is 14.3. The van der Waals surface area contributed by atoms with Crippen LogP contribution in [0.1, 0.15) is 85.0 Å². The van der Waals surface area contributed by atoms with Gasteiger partial charge in [-0.15, -0.1) is 0 Å². The molecular weight excluding hydrogens is 542 g/mol. The van der Waals surface area contributed by atoms with Crippen LogP contribution in [0.5, 0.6) is 0 Å². The van der Waals surface area contributed by atoms with E-state index in [2.05, 4.69) is 25.0 Å². The molecule has 0 amide bonds. The molecule has 204 valence electrons. The SMILES string of the molecule is C[C@H](CCCOS(=O)(=O)[O-])[C@H]1CC[C@H]2[C@@H]3[C@@H](O)C[C@@H]4C[C@H](OS(=O)(=O)[O-])CC[C@]4(C)[C@H]3CC[C@]12C.[Na+].[Na+]. The zero-order valence-corrected chi connectivity index (χ0v) is 28.6. The Hall–Kier alpha value is 1.70. The molecule has 0 unspecified atom stereocenters. The summed E-state index contributed by atoms with van der Waals surface area (Å²) in [6, 6.07) is 0. The van der Waals surface area contributed by atoms with Gasteiger partial charge in [0, 0.05) is 0 Å². The number of fused-ring (bicyclic) bond motifs is 5. The second kappa shape index (κ2) is 12.9. The Balaban J connectivity index is 0.00000241. The molecule has 0 aromatic carbocycles. The molecule has 4 aliphatic rings. The summed E-state index contributed by atoms with van der Waals surface area (Å²) >= 11 is 0. The van der Waals surface area contributed by atoms with Gasteiger partial charge < -0.3 is 14.2 Å². The molecule has 9 nitrogen and oxygen atoms in total. The van der Waals surface area contributed by atoms with Gasteiger partial charge in [0.05, 0.1) is 18.8 Å². The first-order chi connectivity index (χ1) is 16.1. The van der Waals surface area contributed by atoms with E-state index < -0.39 is 33.0 Å². The van der Waals surface area contributed by atoms with Gasteiger partial charge in [0.15, 0.2) is 0 Å². The second-order valence-electron chi connectivity index (χ2n) is 12.3. The summed E-state index contributed by atoms with van der Waals surface area (Å²) in [7, 11) is -9.38. The van der Waals surface area contributed by atoms with E-state index in [0.717, 1.165) is 38.5 Å². The number of hydrogen-bond donors (Lipinski definition) is 1. The summed E-state index contributed by atoms with van der Waals surface area (Å²) in [5.41, 5.74) is 0.107. The van der Waals surface area contributed by atoms with Gasteiger partial charge in [-0.2, -0.15) is 0 Å². The van der Waals surface area contributed by atoms with Gasteiger partial charge in [0.25, 0.3) is 0 Å². The van der Waals surface area contributed by atoms with Gasteiger partial charge in [-0.05, 0) is 111 Å². The molecule has 10 atom stereocenters. The van der Waals surface area contributed by atoms with Crippen molar-refractivity contribution in [1.29, 1.82) is 0 Å². The molecule has 1 N–H and O–H groups in total. The molecule has 4 saturated carbocycles. The Morgan fingerprint density at radius 1 is 0.919 bits per heavy atom. The summed E-state index contributed by atoms with van der Waals surface area (Å²) in [5, 5.41) is 11.4. The third kappa shape index (κ3) is 7.56. The van der Waals surface area contributed by atoms with Crippen LogP contribution in [0, 0.1) is 46.3 Å². The van der Waals surface area contributed by atoms with Gasteiger partial charge in [-0.3, -0.25) is 8.37 Å². The van der Waals surface area contributed by atoms with Crippen molar-refractivity contribution >= 4 is 20.8 Å². The van der Waals surface area contributed by atoms with E-state index in [1.807, 2.05) is 0 Å². The first-order valence-corrected chi connectivity index (χ1v) is 15.7. The summed E-state index contributed by atoms with van der Waals surface area (Å²) in [5.74, 6) is 1.96. The van der Waals surface area contributed by atoms with Crippen molar-refractivity contribution in [3.8, 4) is 0 Å². The normalized spacial score (nSPS) is 42.4. The third-order valence-corrected chi connectivity index (χ3v) is 11.6.